The Morgan fingerprint density at radius 2 is 2.25 bits per heavy atom. The highest BCUT2D eigenvalue weighted by atomic mass is 32.2. The number of nitrogens with two attached hydrogens (primary N) is 1. The third-order valence-electron chi connectivity index (χ3n) is 3.16. The van der Waals surface area contributed by atoms with Gasteiger partial charge in [0.05, 0.1) is 5.56 Å². The third-order valence-corrected chi connectivity index (χ3v) is 5.80. The van der Waals surface area contributed by atoms with Gasteiger partial charge in [-0.05, 0) is 19.1 Å². The summed E-state index contributed by atoms with van der Waals surface area (Å²) in [6.45, 7) is 2.42. The molecule has 0 aliphatic carbocycles. The highest BCUT2D eigenvalue weighted by molar-refractivity contribution is 8.01. The van der Waals surface area contributed by atoms with Crippen molar-refractivity contribution in [3.05, 3.63) is 23.4 Å². The summed E-state index contributed by atoms with van der Waals surface area (Å²) in [6.07, 6.45) is 1.24. The summed E-state index contributed by atoms with van der Waals surface area (Å²) in [5.74, 6) is 1.73. The number of rotatable bonds is 3. The lowest BCUT2D eigenvalue weighted by molar-refractivity contribution is 0.583. The molecular weight excluding hydrogens is 296 g/mol. The van der Waals surface area contributed by atoms with Crippen molar-refractivity contribution in [2.45, 2.75) is 12.3 Å². The molecule has 8 heteroatoms. The highest BCUT2D eigenvalue weighted by Gasteiger charge is 2.33. The van der Waals surface area contributed by atoms with Gasteiger partial charge in [-0.25, -0.2) is 13.4 Å². The van der Waals surface area contributed by atoms with E-state index in [-0.39, 0.29) is 5.84 Å². The Bertz CT molecular complexity index is 630. The lowest BCUT2D eigenvalue weighted by Crippen LogP contribution is -2.48. The van der Waals surface area contributed by atoms with Crippen LogP contribution in [0.15, 0.2) is 12.1 Å². The summed E-state index contributed by atoms with van der Waals surface area (Å²) >= 11 is 1.61. The molecule has 0 aromatic carbocycles. The molecule has 1 fully saturated rings. The minimum atomic E-state index is -3.22. The number of pyridine rings is 1. The quantitative estimate of drug-likeness (QED) is 0.626. The normalized spacial score (nSPS) is 19.9. The van der Waals surface area contributed by atoms with Gasteiger partial charge in [-0.1, -0.05) is 0 Å². The molecule has 20 heavy (non-hydrogen) atoms. The Morgan fingerprint density at radius 3 is 2.85 bits per heavy atom. The van der Waals surface area contributed by atoms with Crippen LogP contribution in [0.4, 0.5) is 5.82 Å². The number of amidine groups is 1. The molecule has 1 atom stereocenters. The van der Waals surface area contributed by atoms with Crippen molar-refractivity contribution >= 4 is 33.3 Å². The van der Waals surface area contributed by atoms with Crippen LogP contribution in [0.1, 0.15) is 11.3 Å². The Balaban J connectivity index is 2.52. The van der Waals surface area contributed by atoms with Crippen molar-refractivity contribution < 1.29 is 8.42 Å². The number of thioether (sulfide) groups is 1. The molecule has 1 aliphatic heterocycles. The van der Waals surface area contributed by atoms with Crippen LogP contribution in [-0.4, -0.2) is 48.9 Å². The van der Waals surface area contributed by atoms with Gasteiger partial charge in [0, 0.05) is 30.0 Å². The average molecular weight is 314 g/mol. The molecule has 3 N–H and O–H groups in total. The van der Waals surface area contributed by atoms with E-state index in [1.165, 1.54) is 6.26 Å². The van der Waals surface area contributed by atoms with E-state index in [4.69, 9.17) is 11.1 Å². The van der Waals surface area contributed by atoms with Crippen LogP contribution in [-0.2, 0) is 9.84 Å². The first-order valence-electron chi connectivity index (χ1n) is 6.16. The van der Waals surface area contributed by atoms with E-state index < -0.39 is 15.2 Å². The van der Waals surface area contributed by atoms with E-state index in [1.54, 1.807) is 28.8 Å². The van der Waals surface area contributed by atoms with E-state index in [9.17, 15) is 8.42 Å². The summed E-state index contributed by atoms with van der Waals surface area (Å²) in [4.78, 5) is 6.17. The fourth-order valence-electron chi connectivity index (χ4n) is 2.15. The van der Waals surface area contributed by atoms with Gasteiger partial charge in [0.1, 0.15) is 17.0 Å². The van der Waals surface area contributed by atoms with Gasteiger partial charge in [0.15, 0.2) is 9.84 Å². The minimum Gasteiger partial charge on any atom is -0.384 e. The molecule has 0 radical (unpaired) electrons. The number of sulfone groups is 1. The van der Waals surface area contributed by atoms with Crippen molar-refractivity contribution in [3.8, 4) is 0 Å². The van der Waals surface area contributed by atoms with Crippen molar-refractivity contribution in [3.63, 3.8) is 0 Å². The molecule has 0 bridgehead atoms. The Hall–Kier alpha value is -1.28. The van der Waals surface area contributed by atoms with Crippen molar-refractivity contribution in [1.82, 2.24) is 4.98 Å². The maximum absolute atomic E-state index is 12.0. The van der Waals surface area contributed by atoms with Crippen LogP contribution in [0.5, 0.6) is 0 Å². The first-order chi connectivity index (χ1) is 9.30. The summed E-state index contributed by atoms with van der Waals surface area (Å²) < 4.78 is 23.9. The van der Waals surface area contributed by atoms with Gasteiger partial charge >= 0.3 is 0 Å². The van der Waals surface area contributed by atoms with Gasteiger partial charge in [0.2, 0.25) is 0 Å². The Kier molecular flexibility index (Phi) is 4.24. The zero-order valence-corrected chi connectivity index (χ0v) is 13.1. The summed E-state index contributed by atoms with van der Waals surface area (Å²) in [6, 6.07) is 3.50. The zero-order valence-electron chi connectivity index (χ0n) is 11.5. The van der Waals surface area contributed by atoms with Crippen molar-refractivity contribution in [2.24, 2.45) is 5.73 Å². The molecular formula is C12H18N4O2S2. The number of hydrogen-bond donors (Lipinski definition) is 2. The summed E-state index contributed by atoms with van der Waals surface area (Å²) in [5, 5.41) is 7.03. The predicted molar refractivity (Wildman–Crippen MR) is 83.3 cm³/mol. The predicted octanol–water partition coefficient (Wildman–Crippen LogP) is 0.598. The molecule has 0 saturated carbocycles. The molecule has 1 aromatic rings. The second-order valence-electron chi connectivity index (χ2n) is 4.79. The molecule has 6 nitrogen and oxygen atoms in total. The monoisotopic (exact) mass is 314 g/mol. The van der Waals surface area contributed by atoms with Crippen molar-refractivity contribution in [1.29, 1.82) is 5.41 Å². The maximum atomic E-state index is 12.0. The van der Waals surface area contributed by atoms with E-state index in [1.807, 2.05) is 6.92 Å². The minimum absolute atomic E-state index is 0.0991. The van der Waals surface area contributed by atoms with Gasteiger partial charge in [-0.15, -0.1) is 0 Å². The molecule has 0 amide bonds. The molecule has 1 aromatic heterocycles. The fourth-order valence-corrected chi connectivity index (χ4v) is 4.97. The molecule has 1 unspecified atom stereocenters. The molecule has 1 saturated heterocycles. The molecule has 1 aliphatic rings. The largest absolute Gasteiger partial charge is 0.384 e. The average Bonchev–Trinajstić information content (AvgIpc) is 2.37. The lowest BCUT2D eigenvalue weighted by atomic mass is 10.2. The van der Waals surface area contributed by atoms with Crippen molar-refractivity contribution in [2.75, 3.05) is 29.2 Å². The molecule has 0 spiro atoms. The molecule has 2 rings (SSSR count). The smallest absolute Gasteiger partial charge is 0.169 e. The second kappa shape index (κ2) is 5.61. The number of hydrogen-bond acceptors (Lipinski definition) is 6. The molecule has 110 valence electrons. The van der Waals surface area contributed by atoms with Gasteiger partial charge < -0.3 is 10.6 Å². The van der Waals surface area contributed by atoms with Gasteiger partial charge in [-0.3, -0.25) is 5.41 Å². The highest BCUT2D eigenvalue weighted by Crippen LogP contribution is 2.28. The number of anilines is 1. The van der Waals surface area contributed by atoms with Gasteiger partial charge in [-0.2, -0.15) is 11.8 Å². The van der Waals surface area contributed by atoms with Crippen LogP contribution in [0.3, 0.4) is 0 Å². The van der Waals surface area contributed by atoms with E-state index >= 15 is 0 Å². The standard InChI is InChI=1S/C12H18N4O2S2/c1-8-3-4-9(11(13)14)12(15-8)16-5-6-19-7-10(16)20(2,17)18/h3-4,10H,5-7H2,1-2H3,(H3,13,14). The number of nitrogens with zero attached hydrogens (tertiary/aromatic N) is 2. The second-order valence-corrected chi connectivity index (χ2v) is 8.14. The zero-order chi connectivity index (χ0) is 14.9. The maximum Gasteiger partial charge on any atom is 0.169 e. The lowest BCUT2D eigenvalue weighted by Gasteiger charge is -2.36. The topological polar surface area (TPSA) is 100 Å². The molecule has 2 heterocycles. The van der Waals surface area contributed by atoms with E-state index in [0.29, 0.717) is 23.7 Å². The fraction of sp³-hybridized carbons (Fsp3) is 0.500. The summed E-state index contributed by atoms with van der Waals surface area (Å²) in [7, 11) is -3.22. The number of nitrogens with one attached hydrogen (secondary N) is 1. The van der Waals surface area contributed by atoms with Crippen LogP contribution in [0.2, 0.25) is 0 Å². The van der Waals surface area contributed by atoms with E-state index in [0.717, 1.165) is 11.4 Å². The number of nitrogen functional groups attached to an aromatic ring is 1. The van der Waals surface area contributed by atoms with E-state index in [2.05, 4.69) is 4.98 Å². The van der Waals surface area contributed by atoms with Gasteiger partial charge in [0.25, 0.3) is 0 Å². The Labute approximate surface area is 123 Å². The number of aromatic nitrogens is 1. The SMILES string of the molecule is Cc1ccc(C(=N)N)c(N2CCSCC2S(C)(=O)=O)n1. The number of aryl methyl sites for hydroxylation is 1. The Morgan fingerprint density at radius 1 is 1.55 bits per heavy atom. The first kappa shape index (κ1) is 15.1. The van der Waals surface area contributed by atoms with Crippen LogP contribution < -0.4 is 10.6 Å². The van der Waals surface area contributed by atoms with Crippen LogP contribution in [0.25, 0.3) is 0 Å². The first-order valence-corrected chi connectivity index (χ1v) is 9.27. The third kappa shape index (κ3) is 3.06. The summed E-state index contributed by atoms with van der Waals surface area (Å²) in [5.41, 5.74) is 6.84. The van der Waals surface area contributed by atoms with Crippen LogP contribution in [0, 0.1) is 12.3 Å². The van der Waals surface area contributed by atoms with Crippen LogP contribution >= 0.6 is 11.8 Å².